The molecule has 0 aliphatic rings. The predicted octanol–water partition coefficient (Wildman–Crippen LogP) is 1.80. The molecule has 0 radical (unpaired) electrons. The van der Waals surface area contributed by atoms with Crippen LogP contribution in [0.4, 0.5) is 5.69 Å². The number of aromatic nitrogens is 1. The fraction of sp³-hybridized carbons (Fsp3) is 0.143. The third kappa shape index (κ3) is 2.44. The summed E-state index contributed by atoms with van der Waals surface area (Å²) in [5, 5.41) is 10.4. The Balaban J connectivity index is 3.26. The second-order valence-electron chi connectivity index (χ2n) is 2.35. The maximum absolute atomic E-state index is 10.9. The lowest BCUT2D eigenvalue weighted by molar-refractivity contribution is -0.385. The largest absolute Gasteiger partial charge is 0.293 e. The van der Waals surface area contributed by atoms with Gasteiger partial charge in [-0.15, -0.1) is 0 Å². The zero-order valence-electron chi connectivity index (χ0n) is 6.65. The molecule has 0 saturated heterocycles. The number of Topliss-reactive ketones (excluding diaryl/α,β-unsaturated/α-hetero) is 1. The van der Waals surface area contributed by atoms with Crippen LogP contribution in [-0.4, -0.2) is 15.7 Å². The normalized spacial score (nSPS) is 9.69. The standard InChI is InChI=1S/C7H5IN2O3/c1-4(11)6-2-5(10(12)13)3-7(8)9-6/h2-3H,1H3. The minimum Gasteiger partial charge on any atom is -0.293 e. The molecule has 0 saturated carbocycles. The predicted molar refractivity (Wildman–Crippen MR) is 53.6 cm³/mol. The minimum absolute atomic E-state index is 0.107. The molecule has 0 unspecified atom stereocenters. The molecule has 1 aromatic rings. The van der Waals surface area contributed by atoms with Crippen LogP contribution in [0.3, 0.4) is 0 Å². The molecular formula is C7H5IN2O3. The van der Waals surface area contributed by atoms with Crippen molar-refractivity contribution in [2.45, 2.75) is 6.92 Å². The molecule has 0 spiro atoms. The summed E-state index contributed by atoms with van der Waals surface area (Å²) in [7, 11) is 0. The van der Waals surface area contributed by atoms with Gasteiger partial charge in [-0.1, -0.05) is 0 Å². The smallest absolute Gasteiger partial charge is 0.274 e. The SMILES string of the molecule is CC(=O)c1cc([N+](=O)[O-])cc(I)n1. The summed E-state index contributed by atoms with van der Waals surface area (Å²) in [5.41, 5.74) is 0.0169. The van der Waals surface area contributed by atoms with Gasteiger partial charge in [0.05, 0.1) is 4.92 Å². The maximum Gasteiger partial charge on any atom is 0.274 e. The number of ketones is 1. The van der Waals surface area contributed by atoms with Gasteiger partial charge < -0.3 is 0 Å². The summed E-state index contributed by atoms with van der Waals surface area (Å²) in [5.74, 6) is -0.276. The first-order valence-corrected chi connectivity index (χ1v) is 4.41. The number of halogens is 1. The van der Waals surface area contributed by atoms with E-state index in [0.29, 0.717) is 3.70 Å². The first-order valence-electron chi connectivity index (χ1n) is 3.33. The van der Waals surface area contributed by atoms with Gasteiger partial charge in [0.15, 0.2) is 5.78 Å². The van der Waals surface area contributed by atoms with Crippen molar-refractivity contribution < 1.29 is 9.72 Å². The topological polar surface area (TPSA) is 73.1 Å². The molecule has 1 rings (SSSR count). The van der Waals surface area contributed by atoms with Crippen molar-refractivity contribution in [3.8, 4) is 0 Å². The lowest BCUT2D eigenvalue weighted by atomic mass is 10.2. The van der Waals surface area contributed by atoms with E-state index >= 15 is 0 Å². The van der Waals surface area contributed by atoms with Crippen molar-refractivity contribution in [1.29, 1.82) is 0 Å². The van der Waals surface area contributed by atoms with Crippen molar-refractivity contribution in [3.05, 3.63) is 31.6 Å². The summed E-state index contributed by atoms with van der Waals surface area (Å²) in [6, 6.07) is 2.48. The van der Waals surface area contributed by atoms with E-state index in [4.69, 9.17) is 0 Å². The summed E-state index contributed by atoms with van der Waals surface area (Å²) < 4.78 is 0.442. The second kappa shape index (κ2) is 3.77. The van der Waals surface area contributed by atoms with Crippen molar-refractivity contribution >= 4 is 34.1 Å². The van der Waals surface area contributed by atoms with Crippen LogP contribution in [0, 0.1) is 13.8 Å². The first-order chi connectivity index (χ1) is 6.00. The average Bonchev–Trinajstić information content (AvgIpc) is 2.03. The van der Waals surface area contributed by atoms with E-state index in [-0.39, 0.29) is 17.2 Å². The molecule has 68 valence electrons. The third-order valence-corrected chi connectivity index (χ3v) is 1.90. The maximum atomic E-state index is 10.9. The Hall–Kier alpha value is -1.05. The number of nitrogens with zero attached hydrogens (tertiary/aromatic N) is 2. The van der Waals surface area contributed by atoms with E-state index in [0.717, 1.165) is 0 Å². The van der Waals surface area contributed by atoms with Gasteiger partial charge >= 0.3 is 0 Å². The van der Waals surface area contributed by atoms with E-state index in [1.165, 1.54) is 19.1 Å². The highest BCUT2D eigenvalue weighted by Crippen LogP contribution is 2.15. The quantitative estimate of drug-likeness (QED) is 0.274. The number of carbonyl (C=O) groups excluding carboxylic acids is 1. The van der Waals surface area contributed by atoms with Crippen LogP contribution in [-0.2, 0) is 0 Å². The Morgan fingerprint density at radius 3 is 2.69 bits per heavy atom. The lowest BCUT2D eigenvalue weighted by Gasteiger charge is -1.96. The number of pyridine rings is 1. The van der Waals surface area contributed by atoms with Crippen LogP contribution in [0.5, 0.6) is 0 Å². The molecule has 6 heteroatoms. The van der Waals surface area contributed by atoms with Gasteiger partial charge in [0, 0.05) is 19.1 Å². The molecule has 0 bridgehead atoms. The molecule has 0 aliphatic carbocycles. The van der Waals surface area contributed by atoms with Crippen molar-refractivity contribution in [3.63, 3.8) is 0 Å². The molecular weight excluding hydrogens is 287 g/mol. The summed E-state index contributed by atoms with van der Waals surface area (Å²) in [6.45, 7) is 1.32. The fourth-order valence-electron chi connectivity index (χ4n) is 0.769. The van der Waals surface area contributed by atoms with E-state index in [1.807, 2.05) is 22.6 Å². The number of carbonyl (C=O) groups is 1. The molecule has 5 nitrogen and oxygen atoms in total. The number of hydrogen-bond donors (Lipinski definition) is 0. The Morgan fingerprint density at radius 1 is 1.62 bits per heavy atom. The summed E-state index contributed by atoms with van der Waals surface area (Å²) >= 11 is 1.83. The van der Waals surface area contributed by atoms with Gasteiger partial charge in [-0.25, -0.2) is 4.98 Å². The van der Waals surface area contributed by atoms with Gasteiger partial charge in [-0.05, 0) is 22.6 Å². The Bertz CT molecular complexity index is 346. The first kappa shape index (κ1) is 10.0. The zero-order chi connectivity index (χ0) is 10.0. The van der Waals surface area contributed by atoms with Gasteiger partial charge in [0.1, 0.15) is 9.39 Å². The van der Waals surface area contributed by atoms with E-state index in [9.17, 15) is 14.9 Å². The molecule has 13 heavy (non-hydrogen) atoms. The van der Waals surface area contributed by atoms with E-state index < -0.39 is 4.92 Å². The van der Waals surface area contributed by atoms with E-state index in [1.54, 1.807) is 0 Å². The molecule has 0 aromatic carbocycles. The highest BCUT2D eigenvalue weighted by Gasteiger charge is 2.11. The molecule has 1 heterocycles. The molecule has 0 fully saturated rings. The van der Waals surface area contributed by atoms with Crippen LogP contribution < -0.4 is 0 Å². The molecule has 0 N–H and O–H groups in total. The Labute approximate surface area is 87.5 Å². The summed E-state index contributed by atoms with van der Waals surface area (Å²) in [4.78, 5) is 24.6. The van der Waals surface area contributed by atoms with Crippen molar-refractivity contribution in [2.75, 3.05) is 0 Å². The minimum atomic E-state index is -0.545. The van der Waals surface area contributed by atoms with Gasteiger partial charge in [-0.3, -0.25) is 14.9 Å². The molecule has 0 atom stereocenters. The van der Waals surface area contributed by atoms with Crippen LogP contribution in [0.25, 0.3) is 0 Å². The van der Waals surface area contributed by atoms with E-state index in [2.05, 4.69) is 4.98 Å². The van der Waals surface area contributed by atoms with Crippen molar-refractivity contribution in [2.24, 2.45) is 0 Å². The van der Waals surface area contributed by atoms with Gasteiger partial charge in [-0.2, -0.15) is 0 Å². The Kier molecular flexibility index (Phi) is 2.91. The highest BCUT2D eigenvalue weighted by atomic mass is 127. The molecule has 0 amide bonds. The molecule has 1 aromatic heterocycles. The second-order valence-corrected chi connectivity index (χ2v) is 3.45. The number of nitro groups is 1. The van der Waals surface area contributed by atoms with Gasteiger partial charge in [0.2, 0.25) is 0 Å². The van der Waals surface area contributed by atoms with Gasteiger partial charge in [0.25, 0.3) is 5.69 Å². The number of rotatable bonds is 2. The monoisotopic (exact) mass is 292 g/mol. The Morgan fingerprint density at radius 2 is 2.23 bits per heavy atom. The van der Waals surface area contributed by atoms with Crippen LogP contribution in [0.15, 0.2) is 12.1 Å². The molecule has 0 aliphatic heterocycles. The zero-order valence-corrected chi connectivity index (χ0v) is 8.81. The number of hydrogen-bond acceptors (Lipinski definition) is 4. The van der Waals surface area contributed by atoms with Crippen LogP contribution in [0.1, 0.15) is 17.4 Å². The fourth-order valence-corrected chi connectivity index (χ4v) is 1.35. The lowest BCUT2D eigenvalue weighted by Crippen LogP contribution is -2.00. The van der Waals surface area contributed by atoms with Crippen molar-refractivity contribution in [1.82, 2.24) is 4.98 Å². The third-order valence-electron chi connectivity index (χ3n) is 1.35. The van der Waals surface area contributed by atoms with Crippen LogP contribution >= 0.6 is 22.6 Å². The van der Waals surface area contributed by atoms with Crippen LogP contribution in [0.2, 0.25) is 0 Å². The average molecular weight is 292 g/mol. The summed E-state index contributed by atoms with van der Waals surface area (Å²) in [6.07, 6.45) is 0. The highest BCUT2D eigenvalue weighted by molar-refractivity contribution is 14.1.